The summed E-state index contributed by atoms with van der Waals surface area (Å²) in [5.41, 5.74) is 3.41. The zero-order valence-electron chi connectivity index (χ0n) is 13.7. The number of nitrogens with one attached hydrogen (secondary N) is 1. The van der Waals surface area contributed by atoms with Crippen molar-refractivity contribution in [3.8, 4) is 0 Å². The molecule has 120 valence electrons. The van der Waals surface area contributed by atoms with Crippen LogP contribution in [-0.4, -0.2) is 29.8 Å². The van der Waals surface area contributed by atoms with Crippen molar-refractivity contribution in [1.29, 1.82) is 0 Å². The average Bonchev–Trinajstić information content (AvgIpc) is 2.85. The molecule has 1 fully saturated rings. The maximum atomic E-state index is 13.1. The van der Waals surface area contributed by atoms with Crippen molar-refractivity contribution < 1.29 is 4.79 Å². The second-order valence-corrected chi connectivity index (χ2v) is 7.11. The smallest absolute Gasteiger partial charge is 0.171 e. The maximum Gasteiger partial charge on any atom is 0.171 e. The lowest BCUT2D eigenvalue weighted by Gasteiger charge is -2.36. The summed E-state index contributed by atoms with van der Waals surface area (Å²) in [5.74, 6) is 0.384. The fourth-order valence-corrected chi connectivity index (χ4v) is 4.25. The van der Waals surface area contributed by atoms with Gasteiger partial charge < -0.3 is 10.2 Å². The molecule has 1 saturated heterocycles. The third kappa shape index (κ3) is 2.43. The molecule has 23 heavy (non-hydrogen) atoms. The standard InChI is InChI=1S/C20H24N2O/c1-15-7-8-17-18(22(15)14-16-5-3-2-4-6-16)13-20(19(17)23)9-11-21-12-10-20/h2-8,15,21H,9-14H2,1H3. The summed E-state index contributed by atoms with van der Waals surface area (Å²) in [6.45, 7) is 5.03. The Morgan fingerprint density at radius 3 is 2.70 bits per heavy atom. The van der Waals surface area contributed by atoms with Gasteiger partial charge in [0.25, 0.3) is 0 Å². The van der Waals surface area contributed by atoms with Gasteiger partial charge in [-0.3, -0.25) is 4.79 Å². The monoisotopic (exact) mass is 308 g/mol. The number of hydrogen-bond donors (Lipinski definition) is 1. The van der Waals surface area contributed by atoms with Gasteiger partial charge in [0, 0.05) is 35.7 Å². The van der Waals surface area contributed by atoms with Crippen molar-refractivity contribution in [2.24, 2.45) is 5.41 Å². The molecule has 1 atom stereocenters. The van der Waals surface area contributed by atoms with Gasteiger partial charge >= 0.3 is 0 Å². The van der Waals surface area contributed by atoms with E-state index in [2.05, 4.69) is 59.6 Å². The molecule has 1 aromatic carbocycles. The van der Waals surface area contributed by atoms with Crippen molar-refractivity contribution in [1.82, 2.24) is 10.2 Å². The highest BCUT2D eigenvalue weighted by molar-refractivity contribution is 6.06. The maximum absolute atomic E-state index is 13.1. The van der Waals surface area contributed by atoms with E-state index < -0.39 is 0 Å². The van der Waals surface area contributed by atoms with E-state index in [0.717, 1.165) is 44.5 Å². The average molecular weight is 308 g/mol. The van der Waals surface area contributed by atoms with E-state index in [1.165, 1.54) is 11.3 Å². The second-order valence-electron chi connectivity index (χ2n) is 7.11. The summed E-state index contributed by atoms with van der Waals surface area (Å²) in [6.07, 6.45) is 7.13. The normalized spacial score (nSPS) is 26.0. The van der Waals surface area contributed by atoms with E-state index in [1.807, 2.05) is 0 Å². The first-order valence-electron chi connectivity index (χ1n) is 8.67. The first kappa shape index (κ1) is 14.7. The Labute approximate surface area is 138 Å². The highest BCUT2D eigenvalue weighted by atomic mass is 16.1. The van der Waals surface area contributed by atoms with E-state index in [0.29, 0.717) is 11.8 Å². The number of ketones is 1. The third-order valence-corrected chi connectivity index (χ3v) is 5.68. The Balaban J connectivity index is 1.64. The van der Waals surface area contributed by atoms with Crippen LogP contribution in [0.1, 0.15) is 31.7 Å². The highest BCUT2D eigenvalue weighted by Gasteiger charge is 2.48. The Bertz CT molecular complexity index is 668. The summed E-state index contributed by atoms with van der Waals surface area (Å²) >= 11 is 0. The fourth-order valence-electron chi connectivity index (χ4n) is 4.25. The molecule has 0 bridgehead atoms. The number of benzene rings is 1. The summed E-state index contributed by atoms with van der Waals surface area (Å²) in [4.78, 5) is 15.5. The van der Waals surface area contributed by atoms with Gasteiger partial charge in [-0.25, -0.2) is 0 Å². The number of rotatable bonds is 2. The van der Waals surface area contributed by atoms with Crippen LogP contribution in [0.5, 0.6) is 0 Å². The first-order chi connectivity index (χ1) is 11.2. The second kappa shape index (κ2) is 5.64. The largest absolute Gasteiger partial charge is 0.364 e. The molecule has 0 saturated carbocycles. The van der Waals surface area contributed by atoms with Gasteiger partial charge in [-0.15, -0.1) is 0 Å². The quantitative estimate of drug-likeness (QED) is 0.911. The summed E-state index contributed by atoms with van der Waals surface area (Å²) in [6, 6.07) is 10.9. The summed E-state index contributed by atoms with van der Waals surface area (Å²) in [5, 5.41) is 3.40. The Kier molecular flexibility index (Phi) is 3.61. The van der Waals surface area contributed by atoms with Crippen LogP contribution in [0.3, 0.4) is 0 Å². The van der Waals surface area contributed by atoms with Gasteiger partial charge in [-0.05, 0) is 38.4 Å². The van der Waals surface area contributed by atoms with Gasteiger partial charge in [0.2, 0.25) is 0 Å². The van der Waals surface area contributed by atoms with Crippen LogP contribution in [0.25, 0.3) is 0 Å². The summed E-state index contributed by atoms with van der Waals surface area (Å²) < 4.78 is 0. The lowest BCUT2D eigenvalue weighted by Crippen LogP contribution is -2.40. The number of carbonyl (C=O) groups is 1. The molecule has 4 rings (SSSR count). The zero-order valence-corrected chi connectivity index (χ0v) is 13.7. The SMILES string of the molecule is CC1C=CC2=C(CC3(CCNCC3)C2=O)N1Cc1ccccc1. The molecular formula is C20H24N2O. The van der Waals surface area contributed by atoms with Gasteiger partial charge in [0.15, 0.2) is 5.78 Å². The zero-order chi connectivity index (χ0) is 15.9. The highest BCUT2D eigenvalue weighted by Crippen LogP contribution is 2.48. The van der Waals surface area contributed by atoms with E-state index in [9.17, 15) is 4.79 Å². The van der Waals surface area contributed by atoms with Crippen molar-refractivity contribution in [2.45, 2.75) is 38.8 Å². The molecule has 1 N–H and O–H groups in total. The van der Waals surface area contributed by atoms with Gasteiger partial charge in [0.1, 0.15) is 0 Å². The van der Waals surface area contributed by atoms with Crippen molar-refractivity contribution in [2.75, 3.05) is 13.1 Å². The Morgan fingerprint density at radius 2 is 1.96 bits per heavy atom. The minimum Gasteiger partial charge on any atom is -0.364 e. The lowest BCUT2D eigenvalue weighted by molar-refractivity contribution is -0.124. The molecule has 0 aromatic heterocycles. The van der Waals surface area contributed by atoms with Gasteiger partial charge in [0.05, 0.1) is 0 Å². The molecule has 1 spiro atoms. The summed E-state index contributed by atoms with van der Waals surface area (Å²) in [7, 11) is 0. The van der Waals surface area contributed by atoms with Crippen LogP contribution in [0.4, 0.5) is 0 Å². The molecule has 2 aliphatic heterocycles. The van der Waals surface area contributed by atoms with Gasteiger partial charge in [-0.1, -0.05) is 42.5 Å². The van der Waals surface area contributed by atoms with Crippen molar-refractivity contribution >= 4 is 5.78 Å². The molecule has 3 nitrogen and oxygen atoms in total. The number of hydrogen-bond acceptors (Lipinski definition) is 3. The van der Waals surface area contributed by atoms with Crippen LogP contribution in [0.2, 0.25) is 0 Å². The van der Waals surface area contributed by atoms with E-state index in [1.54, 1.807) is 0 Å². The van der Waals surface area contributed by atoms with Crippen LogP contribution in [-0.2, 0) is 11.3 Å². The minimum atomic E-state index is -0.140. The Hall–Kier alpha value is -1.87. The molecule has 1 aliphatic carbocycles. The number of piperidine rings is 1. The molecule has 0 radical (unpaired) electrons. The topological polar surface area (TPSA) is 32.3 Å². The number of nitrogens with zero attached hydrogens (tertiary/aromatic N) is 1. The van der Waals surface area contributed by atoms with E-state index in [-0.39, 0.29) is 5.41 Å². The number of carbonyl (C=O) groups excluding carboxylic acids is 1. The predicted molar refractivity (Wildman–Crippen MR) is 91.8 cm³/mol. The first-order valence-corrected chi connectivity index (χ1v) is 8.67. The Morgan fingerprint density at radius 1 is 1.22 bits per heavy atom. The van der Waals surface area contributed by atoms with Gasteiger partial charge in [-0.2, -0.15) is 0 Å². The molecular weight excluding hydrogens is 284 g/mol. The minimum absolute atomic E-state index is 0.140. The predicted octanol–water partition coefficient (Wildman–Crippen LogP) is 3.04. The van der Waals surface area contributed by atoms with E-state index in [4.69, 9.17) is 0 Å². The van der Waals surface area contributed by atoms with Crippen LogP contribution < -0.4 is 5.32 Å². The molecule has 0 amide bonds. The molecule has 3 heteroatoms. The molecule has 2 heterocycles. The van der Waals surface area contributed by atoms with E-state index >= 15 is 0 Å². The number of Topliss-reactive ketones (excluding diaryl/α,β-unsaturated/α-hetero) is 1. The fraction of sp³-hybridized carbons (Fsp3) is 0.450. The van der Waals surface area contributed by atoms with Crippen molar-refractivity contribution in [3.63, 3.8) is 0 Å². The molecule has 3 aliphatic rings. The molecule has 1 unspecified atom stereocenters. The van der Waals surface area contributed by atoms with Crippen LogP contribution >= 0.6 is 0 Å². The van der Waals surface area contributed by atoms with Crippen molar-refractivity contribution in [3.05, 3.63) is 59.3 Å². The number of allylic oxidation sites excluding steroid dienone is 3. The van der Waals surface area contributed by atoms with Crippen LogP contribution in [0.15, 0.2) is 53.8 Å². The van der Waals surface area contributed by atoms with Crippen LogP contribution in [0, 0.1) is 5.41 Å². The third-order valence-electron chi connectivity index (χ3n) is 5.68. The lowest BCUT2D eigenvalue weighted by atomic mass is 9.75. The molecule has 1 aromatic rings.